The number of ether oxygens (including phenoxy) is 1. The van der Waals surface area contributed by atoms with Crippen LogP contribution in [0.25, 0.3) is 0 Å². The Bertz CT molecular complexity index is 599. The quantitative estimate of drug-likeness (QED) is 0.629. The topological polar surface area (TPSA) is 111 Å². The average molecular weight is 324 g/mol. The number of nitro benzene ring substituents is 2. The van der Waals surface area contributed by atoms with Crippen LogP contribution in [0.2, 0.25) is 0 Å². The first-order chi connectivity index (χ1) is 10.9. The van der Waals surface area contributed by atoms with Crippen LogP contribution in [0.3, 0.4) is 0 Å². The van der Waals surface area contributed by atoms with E-state index in [9.17, 15) is 20.2 Å². The maximum Gasteiger partial charge on any atom is 0.299 e. The fraction of sp³-hybridized carbons (Fsp3) is 0.571. The molecule has 1 aromatic carbocycles. The molecule has 0 atom stereocenters. The van der Waals surface area contributed by atoms with Gasteiger partial charge in [-0.15, -0.1) is 0 Å². The SMILES string of the molecule is CN(C)C1(CNc2ccc([N+](=O)[O-])cc2[N+](=O)[O-])CCOCC1. The van der Waals surface area contributed by atoms with Crippen molar-refractivity contribution < 1.29 is 14.6 Å². The Balaban J connectivity index is 2.22. The van der Waals surface area contributed by atoms with Gasteiger partial charge in [-0.3, -0.25) is 20.2 Å². The predicted octanol–water partition coefficient (Wildman–Crippen LogP) is 2.03. The zero-order valence-corrected chi connectivity index (χ0v) is 13.2. The van der Waals surface area contributed by atoms with Crippen LogP contribution in [0, 0.1) is 20.2 Å². The molecule has 0 saturated carbocycles. The highest BCUT2D eigenvalue weighted by Gasteiger charge is 2.35. The normalized spacial score (nSPS) is 17.0. The monoisotopic (exact) mass is 324 g/mol. The van der Waals surface area contributed by atoms with Crippen LogP contribution in [0.15, 0.2) is 18.2 Å². The van der Waals surface area contributed by atoms with E-state index in [0.717, 1.165) is 18.9 Å². The number of non-ortho nitro benzene ring substituents is 1. The summed E-state index contributed by atoms with van der Waals surface area (Å²) in [5, 5.41) is 25.0. The molecule has 9 heteroatoms. The third-order valence-corrected chi connectivity index (χ3v) is 4.37. The molecule has 1 N–H and O–H groups in total. The van der Waals surface area contributed by atoms with E-state index in [1.807, 2.05) is 14.1 Å². The molecule has 0 bridgehead atoms. The highest BCUT2D eigenvalue weighted by atomic mass is 16.6. The van der Waals surface area contributed by atoms with Gasteiger partial charge in [0.2, 0.25) is 0 Å². The molecule has 1 heterocycles. The first kappa shape index (κ1) is 17.1. The number of nitrogens with one attached hydrogen (secondary N) is 1. The molecule has 0 radical (unpaired) electrons. The largest absolute Gasteiger partial charge is 0.381 e. The summed E-state index contributed by atoms with van der Waals surface area (Å²) < 4.78 is 5.39. The van der Waals surface area contributed by atoms with Crippen molar-refractivity contribution in [3.63, 3.8) is 0 Å². The van der Waals surface area contributed by atoms with Gasteiger partial charge in [-0.1, -0.05) is 0 Å². The van der Waals surface area contributed by atoms with E-state index in [0.29, 0.717) is 19.8 Å². The summed E-state index contributed by atoms with van der Waals surface area (Å²) in [6.07, 6.45) is 1.63. The van der Waals surface area contributed by atoms with Crippen molar-refractivity contribution in [2.75, 3.05) is 39.2 Å². The molecular weight excluding hydrogens is 304 g/mol. The lowest BCUT2D eigenvalue weighted by Gasteiger charge is -2.43. The Kier molecular flexibility index (Phi) is 5.12. The van der Waals surface area contributed by atoms with E-state index in [2.05, 4.69) is 10.2 Å². The molecule has 23 heavy (non-hydrogen) atoms. The van der Waals surface area contributed by atoms with Crippen LogP contribution in [0.4, 0.5) is 17.1 Å². The number of hydrogen-bond acceptors (Lipinski definition) is 7. The zero-order chi connectivity index (χ0) is 17.0. The van der Waals surface area contributed by atoms with E-state index in [1.54, 1.807) is 0 Å². The van der Waals surface area contributed by atoms with Crippen LogP contribution >= 0.6 is 0 Å². The third kappa shape index (κ3) is 3.74. The lowest BCUT2D eigenvalue weighted by atomic mass is 9.88. The maximum atomic E-state index is 11.2. The molecule has 1 aliphatic heterocycles. The van der Waals surface area contributed by atoms with Gasteiger partial charge in [0.1, 0.15) is 5.69 Å². The minimum absolute atomic E-state index is 0.159. The number of benzene rings is 1. The number of rotatable bonds is 6. The Labute approximate surface area is 133 Å². The number of nitrogens with zero attached hydrogens (tertiary/aromatic N) is 3. The van der Waals surface area contributed by atoms with Crippen LogP contribution in [-0.2, 0) is 4.74 Å². The minimum atomic E-state index is -0.642. The van der Waals surface area contributed by atoms with Gasteiger partial charge in [-0.2, -0.15) is 0 Å². The van der Waals surface area contributed by atoms with Crippen molar-refractivity contribution >= 4 is 17.1 Å². The van der Waals surface area contributed by atoms with Gasteiger partial charge in [-0.25, -0.2) is 0 Å². The predicted molar refractivity (Wildman–Crippen MR) is 84.7 cm³/mol. The molecule has 0 unspecified atom stereocenters. The van der Waals surface area contributed by atoms with Gasteiger partial charge < -0.3 is 15.0 Å². The summed E-state index contributed by atoms with van der Waals surface area (Å²) in [6.45, 7) is 1.78. The summed E-state index contributed by atoms with van der Waals surface area (Å²) in [5.41, 5.74) is -0.461. The first-order valence-electron chi connectivity index (χ1n) is 7.28. The summed E-state index contributed by atoms with van der Waals surface area (Å²) in [4.78, 5) is 22.8. The minimum Gasteiger partial charge on any atom is -0.381 e. The van der Waals surface area contributed by atoms with Gasteiger partial charge in [0.15, 0.2) is 0 Å². The van der Waals surface area contributed by atoms with Gasteiger partial charge in [0, 0.05) is 31.4 Å². The second-order valence-corrected chi connectivity index (χ2v) is 5.80. The van der Waals surface area contributed by atoms with Gasteiger partial charge in [-0.05, 0) is 33.0 Å². The number of hydrogen-bond donors (Lipinski definition) is 1. The molecule has 0 amide bonds. The Morgan fingerprint density at radius 2 is 1.87 bits per heavy atom. The molecule has 2 rings (SSSR count). The summed E-state index contributed by atoms with van der Waals surface area (Å²) in [6, 6.07) is 3.63. The Morgan fingerprint density at radius 1 is 1.22 bits per heavy atom. The van der Waals surface area contributed by atoms with Crippen LogP contribution < -0.4 is 5.32 Å². The molecule has 126 valence electrons. The van der Waals surface area contributed by atoms with Crippen LogP contribution in [0.5, 0.6) is 0 Å². The van der Waals surface area contributed by atoms with Crippen molar-refractivity contribution in [2.45, 2.75) is 18.4 Å². The van der Waals surface area contributed by atoms with E-state index in [-0.39, 0.29) is 22.6 Å². The van der Waals surface area contributed by atoms with Crippen molar-refractivity contribution in [1.82, 2.24) is 4.90 Å². The average Bonchev–Trinajstić information content (AvgIpc) is 2.53. The second-order valence-electron chi connectivity index (χ2n) is 5.80. The molecule has 9 nitrogen and oxygen atoms in total. The van der Waals surface area contributed by atoms with E-state index >= 15 is 0 Å². The molecule has 0 aliphatic carbocycles. The Hall–Kier alpha value is -2.26. The number of nitro groups is 2. The highest BCUT2D eigenvalue weighted by molar-refractivity contribution is 5.65. The molecule has 1 aliphatic rings. The fourth-order valence-corrected chi connectivity index (χ4v) is 2.73. The molecule has 1 saturated heterocycles. The summed E-state index contributed by atoms with van der Waals surface area (Å²) >= 11 is 0. The standard InChI is InChI=1S/C14H20N4O5/c1-16(2)14(5-7-23-8-6-14)10-15-12-4-3-11(17(19)20)9-13(12)18(21)22/h3-4,9,15H,5-8,10H2,1-2H3. The fourth-order valence-electron chi connectivity index (χ4n) is 2.73. The maximum absolute atomic E-state index is 11.2. The Morgan fingerprint density at radius 3 is 2.39 bits per heavy atom. The van der Waals surface area contributed by atoms with Gasteiger partial charge in [0.25, 0.3) is 11.4 Å². The van der Waals surface area contributed by atoms with Crippen molar-refractivity contribution in [1.29, 1.82) is 0 Å². The van der Waals surface area contributed by atoms with E-state index in [1.165, 1.54) is 12.1 Å². The lowest BCUT2D eigenvalue weighted by molar-refractivity contribution is -0.393. The smallest absolute Gasteiger partial charge is 0.299 e. The molecule has 1 aromatic rings. The van der Waals surface area contributed by atoms with E-state index < -0.39 is 9.85 Å². The van der Waals surface area contributed by atoms with Gasteiger partial charge in [0.05, 0.1) is 15.9 Å². The molecule has 0 spiro atoms. The second kappa shape index (κ2) is 6.88. The summed E-state index contributed by atoms with van der Waals surface area (Å²) in [7, 11) is 3.94. The van der Waals surface area contributed by atoms with Crippen molar-refractivity contribution in [2.24, 2.45) is 0 Å². The van der Waals surface area contributed by atoms with Gasteiger partial charge >= 0.3 is 0 Å². The van der Waals surface area contributed by atoms with Crippen LogP contribution in [0.1, 0.15) is 12.8 Å². The zero-order valence-electron chi connectivity index (χ0n) is 13.2. The molecule has 0 aromatic heterocycles. The first-order valence-corrected chi connectivity index (χ1v) is 7.28. The summed E-state index contributed by atoms with van der Waals surface area (Å²) in [5.74, 6) is 0. The highest BCUT2D eigenvalue weighted by Crippen LogP contribution is 2.31. The van der Waals surface area contributed by atoms with Crippen LogP contribution in [-0.4, -0.2) is 54.1 Å². The molecular formula is C14H20N4O5. The third-order valence-electron chi connectivity index (χ3n) is 4.37. The lowest BCUT2D eigenvalue weighted by Crippen LogP contribution is -2.53. The van der Waals surface area contributed by atoms with Crippen molar-refractivity contribution in [3.8, 4) is 0 Å². The number of anilines is 1. The van der Waals surface area contributed by atoms with Crippen molar-refractivity contribution in [3.05, 3.63) is 38.4 Å². The van der Waals surface area contributed by atoms with E-state index in [4.69, 9.17) is 4.74 Å². The number of likely N-dealkylation sites (N-methyl/N-ethyl adjacent to an activating group) is 1. The molecule has 1 fully saturated rings.